The smallest absolute Gasteiger partial charge is 0.234 e. The number of allylic oxidation sites excluding steroid dienone is 1. The summed E-state index contributed by atoms with van der Waals surface area (Å²) >= 11 is 1.54. The SMILES string of the molecule is COc1ccc2nccc(/C=C/C3CCC(C(O)Nc4ccc5c(c4)NC(=O)CS5)CC3)c2c1. The molecule has 6 nitrogen and oxygen atoms in total. The van der Waals surface area contributed by atoms with Gasteiger partial charge in [-0.1, -0.05) is 12.2 Å². The Morgan fingerprint density at radius 3 is 2.85 bits per heavy atom. The standard InChI is InChI=1S/C27H29N3O3S/c1-33-21-9-10-23-22(15-21)18(12-13-28-23)5-2-17-3-6-19(7-4-17)27(32)29-20-8-11-25-24(14-20)30-26(31)16-34-25/h2,5,8-15,17,19,27,29,32H,3-4,6-7,16H2,1H3,(H,30,31)/b5-2+. The maximum atomic E-state index is 11.7. The molecule has 0 bridgehead atoms. The minimum Gasteiger partial charge on any atom is -0.497 e. The fraction of sp³-hybridized carbons (Fsp3) is 0.333. The lowest BCUT2D eigenvalue weighted by atomic mass is 9.80. The van der Waals surface area contributed by atoms with Crippen LogP contribution in [0, 0.1) is 11.8 Å². The average Bonchev–Trinajstić information content (AvgIpc) is 2.87. The van der Waals surface area contributed by atoms with E-state index < -0.39 is 6.23 Å². The molecule has 7 heteroatoms. The molecule has 176 valence electrons. The Morgan fingerprint density at radius 2 is 2.03 bits per heavy atom. The predicted octanol–water partition coefficient (Wildman–Crippen LogP) is 5.54. The summed E-state index contributed by atoms with van der Waals surface area (Å²) in [4.78, 5) is 17.2. The molecule has 2 aliphatic rings. The van der Waals surface area contributed by atoms with Gasteiger partial charge in [0.2, 0.25) is 5.91 Å². The number of aliphatic hydroxyl groups is 1. The second-order valence-corrected chi connectivity index (χ2v) is 9.97. The van der Waals surface area contributed by atoms with E-state index in [0.717, 1.165) is 64.2 Å². The Kier molecular flexibility index (Phi) is 6.74. The van der Waals surface area contributed by atoms with Crippen molar-refractivity contribution in [2.45, 2.75) is 36.8 Å². The molecule has 0 radical (unpaired) electrons. The van der Waals surface area contributed by atoms with Crippen LogP contribution in [0.15, 0.2) is 59.6 Å². The van der Waals surface area contributed by atoms with Crippen molar-refractivity contribution in [3.63, 3.8) is 0 Å². The van der Waals surface area contributed by atoms with Crippen molar-refractivity contribution in [1.82, 2.24) is 4.98 Å². The van der Waals surface area contributed by atoms with Gasteiger partial charge >= 0.3 is 0 Å². The number of amides is 1. The number of methoxy groups -OCH3 is 1. The van der Waals surface area contributed by atoms with Crippen LogP contribution in [0.3, 0.4) is 0 Å². The van der Waals surface area contributed by atoms with E-state index in [0.29, 0.717) is 11.7 Å². The maximum absolute atomic E-state index is 11.7. The molecule has 3 aromatic rings. The van der Waals surface area contributed by atoms with Gasteiger partial charge in [-0.25, -0.2) is 0 Å². The number of hydrogen-bond donors (Lipinski definition) is 3. The monoisotopic (exact) mass is 475 g/mol. The van der Waals surface area contributed by atoms with Gasteiger partial charge < -0.3 is 20.5 Å². The van der Waals surface area contributed by atoms with Gasteiger partial charge in [0.25, 0.3) is 0 Å². The third kappa shape index (κ3) is 5.05. The lowest BCUT2D eigenvalue weighted by molar-refractivity contribution is -0.113. The van der Waals surface area contributed by atoms with Crippen LogP contribution in [0.2, 0.25) is 0 Å². The molecular formula is C27H29N3O3S. The average molecular weight is 476 g/mol. The quantitative estimate of drug-likeness (QED) is 0.406. The van der Waals surface area contributed by atoms with Crippen LogP contribution in [0.1, 0.15) is 31.2 Å². The zero-order valence-corrected chi connectivity index (χ0v) is 20.0. The van der Waals surface area contributed by atoms with E-state index in [1.807, 2.05) is 48.7 Å². The third-order valence-corrected chi connectivity index (χ3v) is 7.79. The van der Waals surface area contributed by atoms with Crippen LogP contribution in [0.5, 0.6) is 5.75 Å². The zero-order valence-electron chi connectivity index (χ0n) is 19.2. The molecule has 2 aromatic carbocycles. The highest BCUT2D eigenvalue weighted by atomic mass is 32.2. The first-order valence-corrected chi connectivity index (χ1v) is 12.7. The number of aliphatic hydroxyl groups excluding tert-OH is 1. The van der Waals surface area contributed by atoms with Gasteiger partial charge in [0, 0.05) is 28.1 Å². The number of rotatable bonds is 6. The molecule has 1 unspecified atom stereocenters. The minimum atomic E-state index is -0.605. The Labute approximate surface area is 203 Å². The number of thioether (sulfide) groups is 1. The fourth-order valence-corrected chi connectivity index (χ4v) is 5.56. The predicted molar refractivity (Wildman–Crippen MR) is 138 cm³/mol. The van der Waals surface area contributed by atoms with Crippen molar-refractivity contribution in [3.8, 4) is 5.75 Å². The van der Waals surface area contributed by atoms with Crippen molar-refractivity contribution in [1.29, 1.82) is 0 Å². The number of ether oxygens (including phenoxy) is 1. The Hall–Kier alpha value is -3.03. The first kappa shape index (κ1) is 22.7. The van der Waals surface area contributed by atoms with Crippen molar-refractivity contribution < 1.29 is 14.6 Å². The molecule has 34 heavy (non-hydrogen) atoms. The summed E-state index contributed by atoms with van der Waals surface area (Å²) in [6, 6.07) is 13.9. The largest absolute Gasteiger partial charge is 0.497 e. The number of hydrogen-bond acceptors (Lipinski definition) is 6. The van der Waals surface area contributed by atoms with Crippen molar-refractivity contribution in [2.75, 3.05) is 23.5 Å². The summed E-state index contributed by atoms with van der Waals surface area (Å²) in [6.07, 6.45) is 9.75. The summed E-state index contributed by atoms with van der Waals surface area (Å²) in [5.41, 5.74) is 3.75. The van der Waals surface area contributed by atoms with Crippen molar-refractivity contribution in [3.05, 3.63) is 60.3 Å². The number of benzene rings is 2. The molecule has 1 saturated carbocycles. The van der Waals surface area contributed by atoms with Crippen molar-refractivity contribution >= 4 is 46.0 Å². The van der Waals surface area contributed by atoms with Gasteiger partial charge in [0.05, 0.1) is 24.1 Å². The topological polar surface area (TPSA) is 83.5 Å². The van der Waals surface area contributed by atoms with E-state index in [4.69, 9.17) is 4.74 Å². The Balaban J connectivity index is 1.18. The molecule has 1 atom stereocenters. The van der Waals surface area contributed by atoms with Gasteiger partial charge in [0.1, 0.15) is 12.0 Å². The summed E-state index contributed by atoms with van der Waals surface area (Å²) in [6.45, 7) is 0. The molecule has 5 rings (SSSR count). The van der Waals surface area contributed by atoms with Gasteiger partial charge in [-0.3, -0.25) is 9.78 Å². The second-order valence-electron chi connectivity index (χ2n) is 8.95. The Morgan fingerprint density at radius 1 is 1.18 bits per heavy atom. The van der Waals surface area contributed by atoms with Crippen LogP contribution in [-0.4, -0.2) is 35.1 Å². The van der Waals surface area contributed by atoms with Crippen LogP contribution in [-0.2, 0) is 4.79 Å². The highest BCUT2D eigenvalue weighted by Crippen LogP contribution is 2.36. The number of nitrogens with one attached hydrogen (secondary N) is 2. The number of carbonyl (C=O) groups is 1. The van der Waals surface area contributed by atoms with E-state index in [9.17, 15) is 9.90 Å². The van der Waals surface area contributed by atoms with E-state index >= 15 is 0 Å². The van der Waals surface area contributed by atoms with Gasteiger partial charge in [-0.2, -0.15) is 0 Å². The molecule has 1 fully saturated rings. The number of nitrogens with zero attached hydrogens (tertiary/aromatic N) is 1. The highest BCUT2D eigenvalue weighted by Gasteiger charge is 2.26. The number of aromatic nitrogens is 1. The first-order valence-electron chi connectivity index (χ1n) is 11.7. The van der Waals surface area contributed by atoms with Crippen LogP contribution in [0.4, 0.5) is 11.4 Å². The summed E-state index contributed by atoms with van der Waals surface area (Å²) in [7, 11) is 1.68. The normalized spacial score (nSPS) is 21.2. The van der Waals surface area contributed by atoms with E-state index in [2.05, 4.69) is 27.8 Å². The highest BCUT2D eigenvalue weighted by molar-refractivity contribution is 8.00. The maximum Gasteiger partial charge on any atom is 0.234 e. The van der Waals surface area contributed by atoms with Crippen LogP contribution < -0.4 is 15.4 Å². The van der Waals surface area contributed by atoms with Gasteiger partial charge in [-0.05, 0) is 79.6 Å². The summed E-state index contributed by atoms with van der Waals surface area (Å²) < 4.78 is 5.38. The molecule has 3 N–H and O–H groups in total. The summed E-state index contributed by atoms with van der Waals surface area (Å²) in [5, 5.41) is 18.0. The fourth-order valence-electron chi connectivity index (χ4n) is 4.77. The Bertz CT molecular complexity index is 1220. The molecule has 0 spiro atoms. The molecule has 2 heterocycles. The molecule has 1 aliphatic heterocycles. The number of anilines is 2. The number of pyridine rings is 1. The van der Waals surface area contributed by atoms with E-state index in [1.165, 1.54) is 11.8 Å². The molecular weight excluding hydrogens is 446 g/mol. The summed E-state index contributed by atoms with van der Waals surface area (Å²) in [5.74, 6) is 1.99. The van der Waals surface area contributed by atoms with Crippen molar-refractivity contribution in [2.24, 2.45) is 11.8 Å². The minimum absolute atomic E-state index is 0.0143. The molecule has 1 aliphatic carbocycles. The van der Waals surface area contributed by atoms with Gasteiger partial charge in [0.15, 0.2) is 0 Å². The third-order valence-electron chi connectivity index (χ3n) is 6.72. The van der Waals surface area contributed by atoms with E-state index in [-0.39, 0.29) is 11.8 Å². The second kappa shape index (κ2) is 10.1. The van der Waals surface area contributed by atoms with Crippen LogP contribution >= 0.6 is 11.8 Å². The lowest BCUT2D eigenvalue weighted by Gasteiger charge is -2.31. The van der Waals surface area contributed by atoms with E-state index in [1.54, 1.807) is 7.11 Å². The lowest BCUT2D eigenvalue weighted by Crippen LogP contribution is -2.31. The van der Waals surface area contributed by atoms with Gasteiger partial charge in [-0.15, -0.1) is 11.8 Å². The number of fused-ring (bicyclic) bond motifs is 2. The molecule has 1 aromatic heterocycles. The first-order chi connectivity index (χ1) is 16.6. The number of carbonyl (C=O) groups excluding carboxylic acids is 1. The zero-order chi connectivity index (χ0) is 23.5. The molecule has 1 amide bonds. The van der Waals surface area contributed by atoms with Crippen LogP contribution in [0.25, 0.3) is 17.0 Å². The molecule has 0 saturated heterocycles.